The van der Waals surface area contributed by atoms with Crippen molar-refractivity contribution in [3.8, 4) is 5.75 Å². The zero-order chi connectivity index (χ0) is 12.3. The van der Waals surface area contributed by atoms with Crippen molar-refractivity contribution in [3.05, 3.63) is 28.5 Å². The molecule has 0 bridgehead atoms. The molecule has 0 spiro atoms. The molecule has 0 unspecified atom stereocenters. The van der Waals surface area contributed by atoms with Crippen LogP contribution in [0.5, 0.6) is 5.75 Å². The normalized spacial score (nSPS) is 11.2. The average molecular weight is 291 g/mol. The van der Waals surface area contributed by atoms with E-state index >= 15 is 0 Å². The zero-order valence-electron chi connectivity index (χ0n) is 8.96. The number of hydrogen-bond acceptors (Lipinski definition) is 2. The summed E-state index contributed by atoms with van der Waals surface area (Å²) >= 11 is 3.14. The third-order valence-corrected chi connectivity index (χ3v) is 2.68. The maximum Gasteiger partial charge on any atom is 0.312 e. The van der Waals surface area contributed by atoms with E-state index in [1.807, 2.05) is 0 Å². The molecule has 0 aromatic heterocycles. The van der Waals surface area contributed by atoms with E-state index in [9.17, 15) is 9.18 Å². The van der Waals surface area contributed by atoms with Crippen LogP contribution in [0, 0.1) is 11.2 Å². The van der Waals surface area contributed by atoms with Gasteiger partial charge in [-0.15, -0.1) is 0 Å². The first kappa shape index (κ1) is 13.0. The van der Waals surface area contributed by atoms with Gasteiger partial charge in [0.25, 0.3) is 0 Å². The molecule has 0 fully saturated rings. The van der Waals surface area contributed by atoms with Crippen LogP contribution in [0.25, 0.3) is 0 Å². The summed E-state index contributed by atoms with van der Waals surface area (Å²) in [6, 6.07) is 3.98. The Balaban J connectivity index is 2.72. The number of halogens is 2. The highest BCUT2D eigenvalue weighted by molar-refractivity contribution is 9.10. The molecule has 0 aliphatic heterocycles. The second-order valence-corrected chi connectivity index (χ2v) is 4.91. The van der Waals surface area contributed by atoms with Gasteiger partial charge >= 0.3 is 5.97 Å². The van der Waals surface area contributed by atoms with Crippen molar-refractivity contribution >= 4 is 21.9 Å². The summed E-state index contributed by atoms with van der Waals surface area (Å²) in [5.41, 5.74) is -0.978. The molecule has 1 aromatic carbocycles. The standard InChI is InChI=1S/C11H12BrFO3/c1-11(2,10(14)15)6-16-9-4-3-7(13)5-8(9)12/h3-5H,6H2,1-2H3,(H,14,15). The minimum absolute atomic E-state index is 0.0204. The van der Waals surface area contributed by atoms with Gasteiger partial charge in [0.1, 0.15) is 18.2 Å². The number of ether oxygens (including phenoxy) is 1. The molecule has 5 heteroatoms. The Labute approximate surface area is 101 Å². The van der Waals surface area contributed by atoms with Crippen molar-refractivity contribution in [1.29, 1.82) is 0 Å². The fourth-order valence-electron chi connectivity index (χ4n) is 0.912. The van der Waals surface area contributed by atoms with Crippen LogP contribution in [0.4, 0.5) is 4.39 Å². The molecule has 0 saturated heterocycles. The summed E-state index contributed by atoms with van der Waals surface area (Å²) < 4.78 is 18.6. The van der Waals surface area contributed by atoms with Gasteiger partial charge < -0.3 is 9.84 Å². The summed E-state index contributed by atoms with van der Waals surface area (Å²) in [7, 11) is 0. The lowest BCUT2D eigenvalue weighted by Gasteiger charge is -2.19. The van der Waals surface area contributed by atoms with E-state index in [0.717, 1.165) is 0 Å². The molecule has 0 aliphatic rings. The summed E-state index contributed by atoms with van der Waals surface area (Å²) in [5, 5.41) is 8.88. The fourth-order valence-corrected chi connectivity index (χ4v) is 1.38. The largest absolute Gasteiger partial charge is 0.491 e. The molecule has 3 nitrogen and oxygen atoms in total. The second kappa shape index (κ2) is 4.82. The van der Waals surface area contributed by atoms with Gasteiger partial charge in [-0.1, -0.05) is 0 Å². The number of carboxylic acid groups (broad SMARTS) is 1. The van der Waals surface area contributed by atoms with Crippen LogP contribution in [0.2, 0.25) is 0 Å². The number of carboxylic acids is 1. The number of benzene rings is 1. The van der Waals surface area contributed by atoms with Gasteiger partial charge in [0.2, 0.25) is 0 Å². The van der Waals surface area contributed by atoms with Crippen molar-refractivity contribution in [2.24, 2.45) is 5.41 Å². The third kappa shape index (κ3) is 3.20. The van der Waals surface area contributed by atoms with E-state index in [0.29, 0.717) is 10.2 Å². The number of carbonyl (C=O) groups is 1. The molecule has 1 aromatic rings. The van der Waals surface area contributed by atoms with Gasteiger partial charge in [-0.2, -0.15) is 0 Å². The smallest absolute Gasteiger partial charge is 0.312 e. The summed E-state index contributed by atoms with van der Waals surface area (Å²) in [6.45, 7) is 3.14. The van der Waals surface area contributed by atoms with Gasteiger partial charge in [0, 0.05) is 0 Å². The van der Waals surface area contributed by atoms with E-state index in [1.54, 1.807) is 13.8 Å². The van der Waals surface area contributed by atoms with E-state index in [1.165, 1.54) is 18.2 Å². The minimum Gasteiger partial charge on any atom is -0.491 e. The van der Waals surface area contributed by atoms with Crippen molar-refractivity contribution in [1.82, 2.24) is 0 Å². The topological polar surface area (TPSA) is 46.5 Å². The SMILES string of the molecule is CC(C)(COc1ccc(F)cc1Br)C(=O)O. The van der Waals surface area contributed by atoms with Crippen LogP contribution >= 0.6 is 15.9 Å². The highest BCUT2D eigenvalue weighted by Crippen LogP contribution is 2.27. The van der Waals surface area contributed by atoms with Crippen molar-refractivity contribution < 1.29 is 19.0 Å². The van der Waals surface area contributed by atoms with Crippen molar-refractivity contribution in [2.45, 2.75) is 13.8 Å². The maximum absolute atomic E-state index is 12.8. The Morgan fingerprint density at radius 1 is 1.56 bits per heavy atom. The lowest BCUT2D eigenvalue weighted by molar-refractivity contribution is -0.148. The highest BCUT2D eigenvalue weighted by atomic mass is 79.9. The summed E-state index contributed by atoms with van der Waals surface area (Å²) in [6.07, 6.45) is 0. The average Bonchev–Trinajstić information content (AvgIpc) is 2.16. The first-order chi connectivity index (χ1) is 7.33. The van der Waals surface area contributed by atoms with Crippen molar-refractivity contribution in [3.63, 3.8) is 0 Å². The highest BCUT2D eigenvalue weighted by Gasteiger charge is 2.28. The van der Waals surface area contributed by atoms with Crippen LogP contribution < -0.4 is 4.74 Å². The molecule has 0 saturated carbocycles. The van der Waals surface area contributed by atoms with E-state index in [4.69, 9.17) is 9.84 Å². The van der Waals surface area contributed by atoms with Gasteiger partial charge in [-0.25, -0.2) is 4.39 Å². The summed E-state index contributed by atoms with van der Waals surface area (Å²) in [5.74, 6) is -0.891. The molecule has 1 rings (SSSR count). The van der Waals surface area contributed by atoms with Crippen LogP contribution in [0.3, 0.4) is 0 Å². The van der Waals surface area contributed by atoms with Gasteiger partial charge in [0.05, 0.1) is 9.89 Å². The monoisotopic (exact) mass is 290 g/mol. The number of hydrogen-bond donors (Lipinski definition) is 1. The lowest BCUT2D eigenvalue weighted by Crippen LogP contribution is -2.30. The molecule has 88 valence electrons. The Bertz CT molecular complexity index is 404. The Morgan fingerprint density at radius 3 is 2.69 bits per heavy atom. The first-order valence-electron chi connectivity index (χ1n) is 4.64. The number of aliphatic carboxylic acids is 1. The van der Waals surface area contributed by atoms with E-state index < -0.39 is 11.4 Å². The molecule has 0 amide bonds. The number of rotatable bonds is 4. The molecule has 0 atom stereocenters. The minimum atomic E-state index is -0.978. The zero-order valence-corrected chi connectivity index (χ0v) is 10.5. The fraction of sp³-hybridized carbons (Fsp3) is 0.364. The van der Waals surface area contributed by atoms with E-state index in [2.05, 4.69) is 15.9 Å². The van der Waals surface area contributed by atoms with Crippen molar-refractivity contribution in [2.75, 3.05) is 6.61 Å². The Kier molecular flexibility index (Phi) is 3.91. The predicted molar refractivity (Wildman–Crippen MR) is 61.0 cm³/mol. The van der Waals surface area contributed by atoms with E-state index in [-0.39, 0.29) is 12.4 Å². The van der Waals surface area contributed by atoms with Gasteiger partial charge in [-0.3, -0.25) is 4.79 Å². The molecule has 0 heterocycles. The maximum atomic E-state index is 12.8. The van der Waals surface area contributed by atoms with Crippen LogP contribution in [0.1, 0.15) is 13.8 Å². The third-order valence-electron chi connectivity index (χ3n) is 2.06. The Morgan fingerprint density at radius 2 is 2.19 bits per heavy atom. The van der Waals surface area contributed by atoms with Gasteiger partial charge in [-0.05, 0) is 48.0 Å². The second-order valence-electron chi connectivity index (χ2n) is 4.05. The Hall–Kier alpha value is -1.10. The molecular formula is C11H12BrFO3. The molecular weight excluding hydrogens is 279 g/mol. The molecule has 16 heavy (non-hydrogen) atoms. The quantitative estimate of drug-likeness (QED) is 0.927. The molecule has 1 N–H and O–H groups in total. The predicted octanol–water partition coefficient (Wildman–Crippen LogP) is 3.08. The van der Waals surface area contributed by atoms with Crippen LogP contribution in [-0.4, -0.2) is 17.7 Å². The van der Waals surface area contributed by atoms with Crippen LogP contribution in [0.15, 0.2) is 22.7 Å². The molecule has 0 aliphatic carbocycles. The molecule has 0 radical (unpaired) electrons. The summed E-state index contributed by atoms with van der Waals surface area (Å²) in [4.78, 5) is 10.8. The lowest BCUT2D eigenvalue weighted by atomic mass is 9.95. The van der Waals surface area contributed by atoms with Gasteiger partial charge in [0.15, 0.2) is 0 Å². The first-order valence-corrected chi connectivity index (χ1v) is 5.43. The van der Waals surface area contributed by atoms with Crippen LogP contribution in [-0.2, 0) is 4.79 Å².